The molecule has 0 aliphatic carbocycles. The third kappa shape index (κ3) is 4.26. The summed E-state index contributed by atoms with van der Waals surface area (Å²) in [6.07, 6.45) is 3.42. The molecule has 0 spiro atoms. The quantitative estimate of drug-likeness (QED) is 0.384. The minimum Gasteiger partial charge on any atom is -0.447 e. The van der Waals surface area contributed by atoms with Crippen molar-refractivity contribution < 1.29 is 23.5 Å². The Labute approximate surface area is 162 Å². The lowest BCUT2D eigenvalue weighted by Gasteiger charge is -2.09. The monoisotopic (exact) mass is 437 g/mol. The number of furan rings is 1. The molecule has 27 heavy (non-hydrogen) atoms. The number of halogens is 2. The molecule has 0 saturated heterocycles. The van der Waals surface area contributed by atoms with Gasteiger partial charge in [-0.15, -0.1) is 0 Å². The highest BCUT2D eigenvalue weighted by atomic mass is 79.9. The molecule has 2 aromatic heterocycles. The van der Waals surface area contributed by atoms with Gasteiger partial charge in [-0.2, -0.15) is 0 Å². The molecule has 142 valence electrons. The fraction of sp³-hybridized carbons (Fsp3) is 0.222. The van der Waals surface area contributed by atoms with Crippen molar-refractivity contribution in [3.8, 4) is 0 Å². The number of nitrogens with one attached hydrogen (secondary N) is 2. The lowest BCUT2D eigenvalue weighted by atomic mass is 10.2. The van der Waals surface area contributed by atoms with Gasteiger partial charge in [0.1, 0.15) is 11.5 Å². The summed E-state index contributed by atoms with van der Waals surface area (Å²) in [4.78, 5) is 21.6. The zero-order valence-corrected chi connectivity index (χ0v) is 16.0. The maximum atomic E-state index is 14.3. The number of anilines is 2. The Morgan fingerprint density at radius 1 is 1.41 bits per heavy atom. The Morgan fingerprint density at radius 3 is 2.96 bits per heavy atom. The van der Waals surface area contributed by atoms with Gasteiger partial charge < -0.3 is 14.8 Å². The van der Waals surface area contributed by atoms with Gasteiger partial charge in [-0.3, -0.25) is 14.6 Å². The first kappa shape index (κ1) is 19.3. The number of hydrogen-bond acceptors (Lipinski definition) is 6. The molecule has 0 radical (unpaired) electrons. The second-order valence-electron chi connectivity index (χ2n) is 5.77. The van der Waals surface area contributed by atoms with Crippen molar-refractivity contribution in [3.05, 3.63) is 52.2 Å². The number of rotatable bonds is 7. The van der Waals surface area contributed by atoms with Crippen LogP contribution in [0.4, 0.5) is 15.8 Å². The average Bonchev–Trinajstić information content (AvgIpc) is 3.01. The molecule has 7 nitrogen and oxygen atoms in total. The van der Waals surface area contributed by atoms with Crippen LogP contribution in [-0.2, 0) is 4.84 Å². The number of pyridine rings is 1. The number of hydroxylamine groups is 1. The van der Waals surface area contributed by atoms with Gasteiger partial charge in [-0.25, -0.2) is 9.87 Å². The lowest BCUT2D eigenvalue weighted by Crippen LogP contribution is -2.24. The highest BCUT2D eigenvalue weighted by Crippen LogP contribution is 2.36. The number of carbonyl (C=O) groups is 1. The molecule has 1 amide bonds. The summed E-state index contributed by atoms with van der Waals surface area (Å²) in [5, 5.41) is 12.2. The molecule has 3 rings (SSSR count). The van der Waals surface area contributed by atoms with Gasteiger partial charge in [0, 0.05) is 19.0 Å². The molecule has 0 fully saturated rings. The van der Waals surface area contributed by atoms with Crippen LogP contribution in [0.1, 0.15) is 22.5 Å². The predicted octanol–water partition coefficient (Wildman–Crippen LogP) is 3.83. The first-order valence-electron chi connectivity index (χ1n) is 8.13. The average molecular weight is 438 g/mol. The SMILES string of the molecule is Cc1ccc(Nc2c(C(=O)NOCCCO)oc3c(Br)cncc23)c(F)c1. The molecular weight excluding hydrogens is 421 g/mol. The van der Waals surface area contributed by atoms with E-state index in [4.69, 9.17) is 14.4 Å². The van der Waals surface area contributed by atoms with Crippen LogP contribution < -0.4 is 10.8 Å². The second kappa shape index (κ2) is 8.47. The maximum absolute atomic E-state index is 14.3. The van der Waals surface area contributed by atoms with Gasteiger partial charge in [0.05, 0.1) is 22.2 Å². The number of aryl methyl sites for hydroxylation is 1. The van der Waals surface area contributed by atoms with Crippen LogP contribution in [0.25, 0.3) is 11.0 Å². The van der Waals surface area contributed by atoms with E-state index in [0.717, 1.165) is 5.56 Å². The number of amides is 1. The van der Waals surface area contributed by atoms with Crippen molar-refractivity contribution in [2.75, 3.05) is 18.5 Å². The van der Waals surface area contributed by atoms with Crippen LogP contribution in [0, 0.1) is 12.7 Å². The lowest BCUT2D eigenvalue weighted by molar-refractivity contribution is 0.0243. The Morgan fingerprint density at radius 2 is 2.22 bits per heavy atom. The number of benzene rings is 1. The highest BCUT2D eigenvalue weighted by Gasteiger charge is 2.23. The van der Waals surface area contributed by atoms with Crippen molar-refractivity contribution in [2.24, 2.45) is 0 Å². The van der Waals surface area contributed by atoms with Crippen molar-refractivity contribution in [1.82, 2.24) is 10.5 Å². The van der Waals surface area contributed by atoms with E-state index in [0.29, 0.717) is 21.9 Å². The smallest absolute Gasteiger partial charge is 0.312 e. The molecule has 0 aliphatic rings. The Hall–Kier alpha value is -2.49. The highest BCUT2D eigenvalue weighted by molar-refractivity contribution is 9.10. The summed E-state index contributed by atoms with van der Waals surface area (Å²) in [7, 11) is 0. The Bertz CT molecular complexity index is 977. The molecule has 9 heteroatoms. The van der Waals surface area contributed by atoms with Gasteiger partial charge >= 0.3 is 5.91 Å². The number of hydrogen-bond donors (Lipinski definition) is 3. The van der Waals surface area contributed by atoms with E-state index in [9.17, 15) is 9.18 Å². The standard InChI is InChI=1S/C18H17BrFN3O4/c1-10-3-4-14(13(20)7-10)22-15-11-8-21-9-12(19)16(11)27-17(15)18(25)23-26-6-2-5-24/h3-4,7-9,22,24H,2,5-6H2,1H3,(H,23,25). The van der Waals surface area contributed by atoms with Crippen molar-refractivity contribution in [1.29, 1.82) is 0 Å². The first-order chi connectivity index (χ1) is 13.0. The summed E-state index contributed by atoms with van der Waals surface area (Å²) in [6, 6.07) is 4.71. The molecule has 0 bridgehead atoms. The summed E-state index contributed by atoms with van der Waals surface area (Å²) in [5.41, 5.74) is 3.87. The minimum absolute atomic E-state index is 0.0569. The molecule has 1 aromatic carbocycles. The summed E-state index contributed by atoms with van der Waals surface area (Å²) in [5.74, 6) is -1.19. The number of aromatic nitrogens is 1. The summed E-state index contributed by atoms with van der Waals surface area (Å²) < 4.78 is 20.5. The third-order valence-electron chi connectivity index (χ3n) is 3.71. The molecule has 0 unspecified atom stereocenters. The zero-order chi connectivity index (χ0) is 19.4. The number of carbonyl (C=O) groups excluding carboxylic acids is 1. The summed E-state index contributed by atoms with van der Waals surface area (Å²) in [6.45, 7) is 1.87. The molecule has 3 N–H and O–H groups in total. The Kier molecular flexibility index (Phi) is 6.04. The van der Waals surface area contributed by atoms with E-state index in [1.54, 1.807) is 19.1 Å². The van der Waals surface area contributed by atoms with Crippen molar-refractivity contribution in [2.45, 2.75) is 13.3 Å². The van der Waals surface area contributed by atoms with Crippen LogP contribution in [-0.4, -0.2) is 29.2 Å². The van der Waals surface area contributed by atoms with Gasteiger partial charge in [-0.1, -0.05) is 6.07 Å². The normalized spacial score (nSPS) is 11.0. The van der Waals surface area contributed by atoms with Crippen LogP contribution in [0.2, 0.25) is 0 Å². The predicted molar refractivity (Wildman–Crippen MR) is 101 cm³/mol. The van der Waals surface area contributed by atoms with E-state index in [-0.39, 0.29) is 30.3 Å². The van der Waals surface area contributed by atoms with Crippen LogP contribution in [0.3, 0.4) is 0 Å². The van der Waals surface area contributed by atoms with Gasteiger partial charge in [0.25, 0.3) is 0 Å². The third-order valence-corrected chi connectivity index (χ3v) is 4.28. The number of fused-ring (bicyclic) bond motifs is 1. The molecule has 2 heterocycles. The van der Waals surface area contributed by atoms with E-state index >= 15 is 0 Å². The largest absolute Gasteiger partial charge is 0.447 e. The van der Waals surface area contributed by atoms with Gasteiger partial charge in [0.15, 0.2) is 5.58 Å². The zero-order valence-electron chi connectivity index (χ0n) is 14.4. The molecule has 0 saturated carbocycles. The van der Waals surface area contributed by atoms with Gasteiger partial charge in [-0.05, 0) is 47.0 Å². The first-order valence-corrected chi connectivity index (χ1v) is 8.92. The minimum atomic E-state index is -0.647. The fourth-order valence-corrected chi connectivity index (χ4v) is 2.83. The molecule has 0 aliphatic heterocycles. The molecule has 3 aromatic rings. The van der Waals surface area contributed by atoms with Crippen LogP contribution in [0.5, 0.6) is 0 Å². The van der Waals surface area contributed by atoms with E-state index in [1.165, 1.54) is 18.5 Å². The second-order valence-corrected chi connectivity index (χ2v) is 6.62. The number of nitrogens with zero attached hydrogens (tertiary/aromatic N) is 1. The van der Waals surface area contributed by atoms with Crippen LogP contribution >= 0.6 is 15.9 Å². The van der Waals surface area contributed by atoms with Gasteiger partial charge in [0.2, 0.25) is 5.76 Å². The van der Waals surface area contributed by atoms with Crippen molar-refractivity contribution >= 4 is 44.2 Å². The molecular formula is C18H17BrFN3O4. The van der Waals surface area contributed by atoms with E-state index in [2.05, 4.69) is 31.7 Å². The molecule has 0 atom stereocenters. The number of aliphatic hydroxyl groups excluding tert-OH is 1. The topological polar surface area (TPSA) is 96.6 Å². The number of aliphatic hydroxyl groups is 1. The Balaban J connectivity index is 1.98. The van der Waals surface area contributed by atoms with Crippen molar-refractivity contribution in [3.63, 3.8) is 0 Å². The fourth-order valence-electron chi connectivity index (χ4n) is 2.42. The van der Waals surface area contributed by atoms with E-state index < -0.39 is 11.7 Å². The summed E-state index contributed by atoms with van der Waals surface area (Å²) >= 11 is 3.33. The van der Waals surface area contributed by atoms with E-state index in [1.807, 2.05) is 0 Å². The maximum Gasteiger partial charge on any atom is 0.312 e. The van der Waals surface area contributed by atoms with Crippen LogP contribution in [0.15, 0.2) is 39.5 Å².